The lowest BCUT2D eigenvalue weighted by molar-refractivity contribution is -0.115. The summed E-state index contributed by atoms with van der Waals surface area (Å²) in [6, 6.07) is 9.84. The molecule has 0 bridgehead atoms. The number of hydrogen-bond acceptors (Lipinski definition) is 6. The van der Waals surface area contributed by atoms with Crippen molar-refractivity contribution in [3.63, 3.8) is 0 Å². The van der Waals surface area contributed by atoms with E-state index in [-0.39, 0.29) is 12.3 Å². The minimum atomic E-state index is -0.404. The predicted molar refractivity (Wildman–Crippen MR) is 93.6 cm³/mol. The van der Waals surface area contributed by atoms with Crippen molar-refractivity contribution in [3.8, 4) is 0 Å². The predicted octanol–water partition coefficient (Wildman–Crippen LogP) is 2.38. The summed E-state index contributed by atoms with van der Waals surface area (Å²) in [6.45, 7) is 2.80. The topological polar surface area (TPSA) is 80.5 Å². The molecule has 2 heterocycles. The summed E-state index contributed by atoms with van der Waals surface area (Å²) in [4.78, 5) is 14.4. The van der Waals surface area contributed by atoms with Gasteiger partial charge in [0.25, 0.3) is 0 Å². The minimum Gasteiger partial charge on any atom is -0.378 e. The van der Waals surface area contributed by atoms with E-state index in [2.05, 4.69) is 20.5 Å². The third-order valence-corrected chi connectivity index (χ3v) is 4.33. The summed E-state index contributed by atoms with van der Waals surface area (Å²) in [6.07, 6.45) is -0.0648. The fourth-order valence-electron chi connectivity index (χ4n) is 3.02. The molecule has 0 radical (unpaired) electrons. The van der Waals surface area contributed by atoms with Crippen LogP contribution >= 0.6 is 0 Å². The van der Waals surface area contributed by atoms with E-state index >= 15 is 0 Å². The van der Waals surface area contributed by atoms with Gasteiger partial charge >= 0.3 is 0 Å². The van der Waals surface area contributed by atoms with Crippen molar-refractivity contribution >= 4 is 28.3 Å². The Kier molecular flexibility index (Phi) is 4.49. The molecule has 134 valence electrons. The van der Waals surface area contributed by atoms with Crippen molar-refractivity contribution in [1.82, 2.24) is 10.3 Å². The first-order chi connectivity index (χ1) is 12.7. The molecule has 1 aliphatic heterocycles. The van der Waals surface area contributed by atoms with Gasteiger partial charge in [0.2, 0.25) is 5.91 Å². The maximum Gasteiger partial charge on any atom is 0.228 e. The fourth-order valence-corrected chi connectivity index (χ4v) is 3.02. The molecule has 1 aromatic heterocycles. The summed E-state index contributed by atoms with van der Waals surface area (Å²) in [7, 11) is 0. The molecule has 1 aliphatic rings. The van der Waals surface area contributed by atoms with Gasteiger partial charge in [-0.25, -0.2) is 9.02 Å². The molecule has 0 atom stereocenters. The number of carbonyl (C=O) groups is 1. The Morgan fingerprint density at radius 1 is 1.12 bits per heavy atom. The SMILES string of the molecule is O=C(Cc1ccccc1F)Nc1ccc(N2CCOCC2)c2nonc12. The van der Waals surface area contributed by atoms with Crippen molar-refractivity contribution in [2.75, 3.05) is 36.5 Å². The van der Waals surface area contributed by atoms with Crippen LogP contribution in [0.5, 0.6) is 0 Å². The number of aromatic nitrogens is 2. The van der Waals surface area contributed by atoms with Gasteiger partial charge in [-0.2, -0.15) is 0 Å². The second-order valence-corrected chi connectivity index (χ2v) is 6.01. The molecule has 7 nitrogen and oxygen atoms in total. The van der Waals surface area contributed by atoms with Gasteiger partial charge in [0.05, 0.1) is 31.0 Å². The highest BCUT2D eigenvalue weighted by Crippen LogP contribution is 2.30. The standard InChI is InChI=1S/C18H17FN4O3/c19-13-4-2-1-3-12(13)11-16(24)20-14-5-6-15(18-17(14)21-26-22-18)23-7-9-25-10-8-23/h1-6H,7-11H2,(H,20,24). The number of hydrogen-bond donors (Lipinski definition) is 1. The average molecular weight is 356 g/mol. The van der Waals surface area contributed by atoms with Crippen LogP contribution in [0.3, 0.4) is 0 Å². The number of nitrogens with zero attached hydrogens (tertiary/aromatic N) is 3. The number of carbonyl (C=O) groups excluding carboxylic acids is 1. The van der Waals surface area contributed by atoms with E-state index in [1.165, 1.54) is 6.07 Å². The number of morpholine rings is 1. The lowest BCUT2D eigenvalue weighted by Gasteiger charge is -2.28. The second-order valence-electron chi connectivity index (χ2n) is 6.01. The molecule has 2 aromatic carbocycles. The van der Waals surface area contributed by atoms with E-state index in [0.717, 1.165) is 18.8 Å². The van der Waals surface area contributed by atoms with Crippen LogP contribution in [0.15, 0.2) is 41.0 Å². The Morgan fingerprint density at radius 3 is 2.69 bits per heavy atom. The largest absolute Gasteiger partial charge is 0.378 e. The van der Waals surface area contributed by atoms with E-state index in [1.807, 2.05) is 6.07 Å². The summed E-state index contributed by atoms with van der Waals surface area (Å²) in [5, 5.41) is 10.7. The van der Waals surface area contributed by atoms with Crippen LogP contribution in [-0.4, -0.2) is 42.5 Å². The van der Waals surface area contributed by atoms with Crippen LogP contribution in [0.1, 0.15) is 5.56 Å². The molecule has 1 amide bonds. The normalized spacial score (nSPS) is 14.6. The van der Waals surface area contributed by atoms with Gasteiger partial charge in [-0.3, -0.25) is 4.79 Å². The van der Waals surface area contributed by atoms with Crippen molar-refractivity contribution in [3.05, 3.63) is 47.8 Å². The Bertz CT molecular complexity index is 937. The molecule has 1 saturated heterocycles. The number of ether oxygens (including phenoxy) is 1. The van der Waals surface area contributed by atoms with Gasteiger partial charge in [0.15, 0.2) is 11.0 Å². The maximum absolute atomic E-state index is 13.7. The lowest BCUT2D eigenvalue weighted by atomic mass is 10.1. The summed E-state index contributed by atoms with van der Waals surface area (Å²) in [5.41, 5.74) is 2.76. The zero-order valence-corrected chi connectivity index (χ0v) is 13.9. The number of nitrogens with one attached hydrogen (secondary N) is 1. The molecule has 3 aromatic rings. The molecule has 1 fully saturated rings. The molecule has 26 heavy (non-hydrogen) atoms. The van der Waals surface area contributed by atoms with Crippen LogP contribution in [-0.2, 0) is 16.0 Å². The molecule has 0 saturated carbocycles. The Morgan fingerprint density at radius 2 is 1.88 bits per heavy atom. The van der Waals surface area contributed by atoms with E-state index in [9.17, 15) is 9.18 Å². The average Bonchev–Trinajstić information content (AvgIpc) is 3.15. The number of fused-ring (bicyclic) bond motifs is 1. The van der Waals surface area contributed by atoms with Gasteiger partial charge in [0.1, 0.15) is 5.82 Å². The lowest BCUT2D eigenvalue weighted by Crippen LogP contribution is -2.36. The highest BCUT2D eigenvalue weighted by Gasteiger charge is 2.20. The quantitative estimate of drug-likeness (QED) is 0.773. The van der Waals surface area contributed by atoms with E-state index in [1.54, 1.807) is 24.3 Å². The molecule has 1 N–H and O–H groups in total. The van der Waals surface area contributed by atoms with Crippen molar-refractivity contribution in [2.24, 2.45) is 0 Å². The minimum absolute atomic E-state index is 0.0648. The van der Waals surface area contributed by atoms with E-state index in [0.29, 0.717) is 35.5 Å². The second kappa shape index (κ2) is 7.09. The number of benzene rings is 2. The molecule has 4 rings (SSSR count). The van der Waals surface area contributed by atoms with Gasteiger partial charge in [-0.05, 0) is 34.1 Å². The number of halogens is 1. The Balaban J connectivity index is 1.56. The molecule has 0 spiro atoms. The first-order valence-corrected chi connectivity index (χ1v) is 8.33. The molecular formula is C18H17FN4O3. The van der Waals surface area contributed by atoms with E-state index in [4.69, 9.17) is 9.37 Å². The number of anilines is 2. The van der Waals surface area contributed by atoms with Crippen molar-refractivity contribution in [1.29, 1.82) is 0 Å². The van der Waals surface area contributed by atoms with Gasteiger partial charge in [0, 0.05) is 13.1 Å². The van der Waals surface area contributed by atoms with Crippen LogP contribution in [0.2, 0.25) is 0 Å². The van der Waals surface area contributed by atoms with Crippen molar-refractivity contribution in [2.45, 2.75) is 6.42 Å². The highest BCUT2D eigenvalue weighted by atomic mass is 19.1. The number of rotatable bonds is 4. The Hall–Kier alpha value is -3.00. The number of amides is 1. The molecule has 0 aliphatic carbocycles. The molecule has 8 heteroatoms. The van der Waals surface area contributed by atoms with Crippen LogP contribution in [0.4, 0.5) is 15.8 Å². The summed E-state index contributed by atoms with van der Waals surface area (Å²) < 4.78 is 24.0. The zero-order valence-electron chi connectivity index (χ0n) is 13.9. The van der Waals surface area contributed by atoms with Gasteiger partial charge in [-0.1, -0.05) is 18.2 Å². The first-order valence-electron chi connectivity index (χ1n) is 8.33. The first kappa shape index (κ1) is 16.5. The van der Waals surface area contributed by atoms with Gasteiger partial charge < -0.3 is 15.0 Å². The maximum atomic E-state index is 13.7. The highest BCUT2D eigenvalue weighted by molar-refractivity contribution is 6.03. The molecular weight excluding hydrogens is 339 g/mol. The van der Waals surface area contributed by atoms with Gasteiger partial charge in [-0.15, -0.1) is 0 Å². The fraction of sp³-hybridized carbons (Fsp3) is 0.278. The zero-order chi connectivity index (χ0) is 17.9. The van der Waals surface area contributed by atoms with Crippen LogP contribution in [0.25, 0.3) is 11.0 Å². The third kappa shape index (κ3) is 3.23. The third-order valence-electron chi connectivity index (χ3n) is 4.33. The Labute approximate surface area is 148 Å². The summed E-state index contributed by atoms with van der Waals surface area (Å²) in [5.74, 6) is -0.739. The van der Waals surface area contributed by atoms with Crippen LogP contribution in [0, 0.1) is 5.82 Å². The van der Waals surface area contributed by atoms with Crippen LogP contribution < -0.4 is 10.2 Å². The van der Waals surface area contributed by atoms with Crippen molar-refractivity contribution < 1.29 is 18.6 Å². The van der Waals surface area contributed by atoms with E-state index < -0.39 is 5.82 Å². The smallest absolute Gasteiger partial charge is 0.228 e. The monoisotopic (exact) mass is 356 g/mol. The summed E-state index contributed by atoms with van der Waals surface area (Å²) >= 11 is 0. The molecule has 0 unspecified atom stereocenters.